The van der Waals surface area contributed by atoms with Crippen LogP contribution in [0.5, 0.6) is 0 Å². The molecule has 1 heterocycles. The van der Waals surface area contributed by atoms with Gasteiger partial charge in [-0.25, -0.2) is 14.6 Å². The first-order valence-corrected chi connectivity index (χ1v) is 10.6. The molecule has 0 saturated carbocycles. The third-order valence-electron chi connectivity index (χ3n) is 5.50. The maximum Gasteiger partial charge on any atom is 0.407 e. The molecule has 1 aliphatic rings. The number of hydrogen-bond acceptors (Lipinski definition) is 5. The first kappa shape index (κ1) is 22.2. The normalized spacial score (nSPS) is 12.3. The molecule has 3 aromatic rings. The summed E-state index contributed by atoms with van der Waals surface area (Å²) < 4.78 is 23.6. The van der Waals surface area contributed by atoms with E-state index in [4.69, 9.17) is 4.74 Å². The second-order valence-electron chi connectivity index (χ2n) is 7.54. The van der Waals surface area contributed by atoms with Crippen LogP contribution in [0.25, 0.3) is 17.2 Å². The Kier molecular flexibility index (Phi) is 6.78. The smallest absolute Gasteiger partial charge is 0.407 e. The lowest BCUT2D eigenvalue weighted by molar-refractivity contribution is 0.0594. The van der Waals surface area contributed by atoms with Crippen molar-refractivity contribution in [1.29, 1.82) is 0 Å². The van der Waals surface area contributed by atoms with E-state index in [0.717, 1.165) is 11.1 Å². The van der Waals surface area contributed by atoms with Crippen molar-refractivity contribution in [2.24, 2.45) is 0 Å². The first-order chi connectivity index (χ1) is 16.1. The predicted molar refractivity (Wildman–Crippen MR) is 122 cm³/mol. The van der Waals surface area contributed by atoms with Gasteiger partial charge in [-0.2, -0.15) is 4.39 Å². The highest BCUT2D eigenvalue weighted by Crippen LogP contribution is 2.44. The Morgan fingerprint density at radius 1 is 1.09 bits per heavy atom. The number of hydrogen-bond donors (Lipinski definition) is 1. The molecule has 168 valence electrons. The molecule has 4 rings (SSSR count). The summed E-state index contributed by atoms with van der Waals surface area (Å²) in [6.45, 7) is 0.624. The molecule has 0 unspecified atom stereocenters. The largest absolute Gasteiger partial charge is 0.465 e. The maximum atomic E-state index is 13.6. The highest BCUT2D eigenvalue weighted by molar-refractivity contribution is 5.89. The van der Waals surface area contributed by atoms with Gasteiger partial charge in [0.1, 0.15) is 12.2 Å². The number of esters is 1. The van der Waals surface area contributed by atoms with E-state index in [9.17, 15) is 14.0 Å². The monoisotopic (exact) mass is 446 g/mol. The van der Waals surface area contributed by atoms with E-state index in [1.807, 2.05) is 24.3 Å². The van der Waals surface area contributed by atoms with Gasteiger partial charge in [-0.05, 0) is 40.3 Å². The summed E-state index contributed by atoms with van der Waals surface area (Å²) in [6, 6.07) is 17.7. The molecular weight excluding hydrogens is 423 g/mol. The van der Waals surface area contributed by atoms with Crippen molar-refractivity contribution < 1.29 is 23.5 Å². The van der Waals surface area contributed by atoms with Crippen LogP contribution in [0, 0.1) is 5.95 Å². The van der Waals surface area contributed by atoms with Crippen molar-refractivity contribution in [3.63, 3.8) is 0 Å². The van der Waals surface area contributed by atoms with Crippen molar-refractivity contribution in [3.8, 4) is 11.1 Å². The molecule has 1 aromatic heterocycles. The van der Waals surface area contributed by atoms with Crippen LogP contribution in [0.1, 0.15) is 39.4 Å². The number of nitrogens with one attached hydrogen (secondary N) is 1. The first-order valence-electron chi connectivity index (χ1n) is 10.6. The van der Waals surface area contributed by atoms with Crippen LogP contribution in [0.2, 0.25) is 0 Å². The minimum Gasteiger partial charge on any atom is -0.465 e. The Balaban J connectivity index is 1.27. The Labute approximate surface area is 191 Å². The summed E-state index contributed by atoms with van der Waals surface area (Å²) in [6.07, 6.45) is 4.84. The lowest BCUT2D eigenvalue weighted by atomic mass is 9.98. The van der Waals surface area contributed by atoms with Crippen LogP contribution in [0.4, 0.5) is 9.18 Å². The quantitative estimate of drug-likeness (QED) is 0.316. The highest BCUT2D eigenvalue weighted by Gasteiger charge is 2.28. The molecule has 0 radical (unpaired) electrons. The van der Waals surface area contributed by atoms with Gasteiger partial charge in [-0.3, -0.25) is 0 Å². The van der Waals surface area contributed by atoms with Crippen molar-refractivity contribution >= 4 is 18.1 Å². The number of fused-ring (bicyclic) bond motifs is 3. The van der Waals surface area contributed by atoms with Gasteiger partial charge < -0.3 is 14.8 Å². The van der Waals surface area contributed by atoms with E-state index in [-0.39, 0.29) is 18.1 Å². The Hall–Kier alpha value is -4.00. The van der Waals surface area contributed by atoms with Crippen LogP contribution in [0.15, 0.2) is 66.9 Å². The summed E-state index contributed by atoms with van der Waals surface area (Å²) in [7, 11) is 1.18. The number of aromatic nitrogens is 1. The molecule has 0 saturated heterocycles. The van der Waals surface area contributed by atoms with Gasteiger partial charge in [0.25, 0.3) is 0 Å². The van der Waals surface area contributed by atoms with Gasteiger partial charge in [0.2, 0.25) is 5.95 Å². The minimum atomic E-state index is -0.879. The minimum absolute atomic E-state index is 0.0121. The lowest BCUT2D eigenvalue weighted by Gasteiger charge is -2.14. The molecule has 0 bridgehead atoms. The number of amides is 1. The molecule has 0 fully saturated rings. The number of pyridine rings is 1. The van der Waals surface area contributed by atoms with Crippen molar-refractivity contribution in [3.05, 3.63) is 95.1 Å². The van der Waals surface area contributed by atoms with Crippen molar-refractivity contribution in [1.82, 2.24) is 10.3 Å². The lowest BCUT2D eigenvalue weighted by Crippen LogP contribution is -2.26. The fourth-order valence-electron chi connectivity index (χ4n) is 3.93. The van der Waals surface area contributed by atoms with E-state index in [1.165, 1.54) is 30.5 Å². The van der Waals surface area contributed by atoms with Gasteiger partial charge in [0.05, 0.1) is 7.11 Å². The third kappa shape index (κ3) is 4.92. The van der Waals surface area contributed by atoms with Gasteiger partial charge in [-0.15, -0.1) is 0 Å². The van der Waals surface area contributed by atoms with E-state index in [0.29, 0.717) is 18.5 Å². The summed E-state index contributed by atoms with van der Waals surface area (Å²) in [5.74, 6) is -1.65. The fourth-order valence-corrected chi connectivity index (χ4v) is 3.93. The van der Waals surface area contributed by atoms with Crippen LogP contribution in [-0.4, -0.2) is 37.3 Å². The number of carbonyl (C=O) groups is 2. The second kappa shape index (κ2) is 10.1. The predicted octanol–water partition coefficient (Wildman–Crippen LogP) is 4.95. The summed E-state index contributed by atoms with van der Waals surface area (Å²) in [5, 5.41) is 2.73. The number of alkyl carbamates (subject to hydrolysis) is 1. The maximum absolute atomic E-state index is 13.6. The second-order valence-corrected chi connectivity index (χ2v) is 7.54. The number of ether oxygens (including phenoxy) is 2. The third-order valence-corrected chi connectivity index (χ3v) is 5.50. The average Bonchev–Trinajstić information content (AvgIpc) is 3.16. The number of methoxy groups -OCH3 is 1. The molecule has 2 aromatic carbocycles. The average molecular weight is 446 g/mol. The molecular formula is C26H23FN2O4. The Morgan fingerprint density at radius 3 is 2.42 bits per heavy atom. The molecule has 1 aliphatic carbocycles. The van der Waals surface area contributed by atoms with Gasteiger partial charge >= 0.3 is 12.1 Å². The summed E-state index contributed by atoms with van der Waals surface area (Å²) >= 11 is 0. The van der Waals surface area contributed by atoms with Crippen LogP contribution < -0.4 is 5.32 Å². The number of nitrogens with zero attached hydrogens (tertiary/aromatic N) is 1. The van der Waals surface area contributed by atoms with Gasteiger partial charge in [-0.1, -0.05) is 60.7 Å². The standard InChI is InChI=1S/C26H23FN2O4/c1-32-25(30)22-14-17(15-29-24(22)27)8-6-7-13-28-26(31)33-16-23-20-11-4-2-9-18(20)19-10-3-5-12-21(19)23/h2-6,8-12,14-15,23H,7,13,16H2,1H3,(H,28,31). The zero-order chi connectivity index (χ0) is 23.2. The SMILES string of the molecule is COC(=O)c1cc(C=CCCNC(=O)OCC2c3ccccc3-c3ccccc32)cnc1F. The molecule has 6 nitrogen and oxygen atoms in total. The van der Waals surface area contributed by atoms with Gasteiger partial charge in [0, 0.05) is 18.7 Å². The van der Waals surface area contributed by atoms with Crippen molar-refractivity contribution in [2.75, 3.05) is 20.3 Å². The summed E-state index contributed by atoms with van der Waals surface area (Å²) in [5.41, 5.74) is 5.01. The Morgan fingerprint density at radius 2 is 1.76 bits per heavy atom. The van der Waals surface area contributed by atoms with E-state index in [1.54, 1.807) is 12.2 Å². The topological polar surface area (TPSA) is 77.5 Å². The van der Waals surface area contributed by atoms with Gasteiger partial charge in [0.15, 0.2) is 0 Å². The Bertz CT molecular complexity index is 1160. The van der Waals surface area contributed by atoms with E-state index in [2.05, 4.69) is 39.3 Å². The summed E-state index contributed by atoms with van der Waals surface area (Å²) in [4.78, 5) is 27.3. The van der Waals surface area contributed by atoms with Crippen LogP contribution >= 0.6 is 0 Å². The zero-order valence-electron chi connectivity index (χ0n) is 18.1. The molecule has 0 atom stereocenters. The molecule has 0 aliphatic heterocycles. The molecule has 33 heavy (non-hydrogen) atoms. The highest BCUT2D eigenvalue weighted by atomic mass is 19.1. The number of carbonyl (C=O) groups excluding carboxylic acids is 2. The van der Waals surface area contributed by atoms with E-state index < -0.39 is 18.0 Å². The zero-order valence-corrected chi connectivity index (χ0v) is 18.1. The number of halogens is 1. The van der Waals surface area contributed by atoms with Crippen LogP contribution in [-0.2, 0) is 9.47 Å². The molecule has 0 spiro atoms. The molecule has 7 heteroatoms. The number of benzene rings is 2. The number of rotatable bonds is 7. The fraction of sp³-hybridized carbons (Fsp3) is 0.192. The molecule has 1 N–H and O–H groups in total. The van der Waals surface area contributed by atoms with E-state index >= 15 is 0 Å². The molecule has 1 amide bonds. The van der Waals surface area contributed by atoms with Crippen LogP contribution in [0.3, 0.4) is 0 Å². The van der Waals surface area contributed by atoms with Crippen molar-refractivity contribution in [2.45, 2.75) is 12.3 Å².